The van der Waals surface area contributed by atoms with Gasteiger partial charge in [0.15, 0.2) is 11.2 Å². The van der Waals surface area contributed by atoms with Crippen molar-refractivity contribution in [3.63, 3.8) is 0 Å². The molecule has 1 aromatic heterocycles. The molecule has 1 aromatic rings. The third kappa shape index (κ3) is 5.59. The Morgan fingerprint density at radius 3 is 2.74 bits per heavy atom. The smallest absolute Gasteiger partial charge is 0.352 e. The number of nitrogen functional groups attached to an aromatic ring is 1. The average Bonchev–Trinajstić information content (AvgIpc) is 3.71. The third-order valence-electron chi connectivity index (χ3n) is 6.43. The van der Waals surface area contributed by atoms with Gasteiger partial charge in [0.1, 0.15) is 36.0 Å². The van der Waals surface area contributed by atoms with Crippen molar-refractivity contribution in [2.45, 2.75) is 24.4 Å². The fourth-order valence-corrected chi connectivity index (χ4v) is 6.38. The van der Waals surface area contributed by atoms with Gasteiger partial charge in [0.2, 0.25) is 5.91 Å². The molecule has 19 heteroatoms. The van der Waals surface area contributed by atoms with E-state index in [9.17, 15) is 33.9 Å². The number of β-lactam (4-membered cyclic amide) rings is 1. The van der Waals surface area contributed by atoms with E-state index in [0.29, 0.717) is 5.71 Å². The fraction of sp³-hybridized carbons (Fsp3) is 0.391. The Balaban J connectivity index is 1.29. The minimum atomic E-state index is -1.44. The molecule has 42 heavy (non-hydrogen) atoms. The highest BCUT2D eigenvalue weighted by atomic mass is 32.2. The number of fused-ring (bicyclic) bond motifs is 1. The minimum absolute atomic E-state index is 0.00563. The fourth-order valence-electron chi connectivity index (χ4n) is 4.46. The number of nitrogens with one attached hydrogen (secondary N) is 2. The van der Waals surface area contributed by atoms with Crippen molar-refractivity contribution in [3.8, 4) is 0 Å². The number of esters is 1. The third-order valence-corrected chi connectivity index (χ3v) is 8.46. The second-order valence-corrected chi connectivity index (χ2v) is 11.2. The molecule has 4 aliphatic heterocycles. The molecule has 0 radical (unpaired) electrons. The number of hydrogen-bond acceptors (Lipinski definition) is 13. The van der Waals surface area contributed by atoms with Crippen LogP contribution in [0.25, 0.3) is 0 Å². The van der Waals surface area contributed by atoms with E-state index in [0.717, 1.165) is 26.1 Å². The van der Waals surface area contributed by atoms with Crippen LogP contribution in [0, 0.1) is 0 Å². The number of thioether (sulfide) groups is 1. The van der Waals surface area contributed by atoms with Crippen LogP contribution in [0.4, 0.5) is 14.7 Å². The first-order valence-electron chi connectivity index (χ1n) is 12.3. The number of rotatable bonds is 8. The van der Waals surface area contributed by atoms with Gasteiger partial charge in [0.05, 0.1) is 25.0 Å². The molecule has 0 spiro atoms. The molecule has 2 fully saturated rings. The summed E-state index contributed by atoms with van der Waals surface area (Å²) < 4.78 is 9.98. The number of ether oxygens (including phenoxy) is 2. The van der Waals surface area contributed by atoms with Crippen molar-refractivity contribution in [1.82, 2.24) is 30.4 Å². The molecule has 3 atom stereocenters. The Labute approximate surface area is 245 Å². The normalized spacial score (nSPS) is 23.0. The van der Waals surface area contributed by atoms with Gasteiger partial charge in [-0.1, -0.05) is 0 Å². The lowest BCUT2D eigenvalue weighted by atomic mass is 10.0. The van der Waals surface area contributed by atoms with Crippen LogP contribution in [0.1, 0.15) is 18.7 Å². The van der Waals surface area contributed by atoms with E-state index in [4.69, 9.17) is 15.2 Å². The largest absolute Gasteiger partial charge is 0.495 e. The number of anilines is 1. The summed E-state index contributed by atoms with van der Waals surface area (Å²) in [6.07, 6.45) is 3.03. The van der Waals surface area contributed by atoms with Gasteiger partial charge >= 0.3 is 24.0 Å². The number of hydrazone groups is 1. The number of carbonyl (C=O) groups is 6. The molecular weight excluding hydrogens is 596 g/mol. The van der Waals surface area contributed by atoms with Crippen molar-refractivity contribution in [3.05, 3.63) is 34.7 Å². The maximum Gasteiger partial charge on any atom is 0.352 e. The molecule has 6 amide bonds. The highest BCUT2D eigenvalue weighted by Gasteiger charge is 2.54. The molecule has 5 rings (SSSR count). The lowest BCUT2D eigenvalue weighted by Gasteiger charge is -2.49. The molecule has 0 bridgehead atoms. The van der Waals surface area contributed by atoms with E-state index in [1.807, 2.05) is 0 Å². The van der Waals surface area contributed by atoms with Gasteiger partial charge in [-0.2, -0.15) is 5.10 Å². The summed E-state index contributed by atoms with van der Waals surface area (Å²) in [4.78, 5) is 81.5. The number of imide groups is 1. The van der Waals surface area contributed by atoms with Crippen molar-refractivity contribution in [2.75, 3.05) is 37.8 Å². The van der Waals surface area contributed by atoms with Crippen LogP contribution in [-0.4, -0.2) is 110 Å². The predicted molar refractivity (Wildman–Crippen MR) is 145 cm³/mol. The summed E-state index contributed by atoms with van der Waals surface area (Å²) >= 11 is 2.20. The Morgan fingerprint density at radius 2 is 2.10 bits per heavy atom. The van der Waals surface area contributed by atoms with Crippen LogP contribution in [0.5, 0.6) is 0 Å². The summed E-state index contributed by atoms with van der Waals surface area (Å²) in [5.74, 6) is -3.37. The Hall–Kier alpha value is -4.65. The van der Waals surface area contributed by atoms with Gasteiger partial charge in [0, 0.05) is 23.6 Å². The predicted octanol–water partition coefficient (Wildman–Crippen LogP) is -0.585. The molecule has 0 saturated carbocycles. The maximum absolute atomic E-state index is 13.4. The van der Waals surface area contributed by atoms with Crippen LogP contribution in [-0.2, 0) is 28.7 Å². The molecule has 0 aliphatic carbocycles. The summed E-state index contributed by atoms with van der Waals surface area (Å²) in [7, 11) is 0. The lowest BCUT2D eigenvalue weighted by molar-refractivity contribution is -0.151. The van der Waals surface area contributed by atoms with Crippen molar-refractivity contribution in [1.29, 1.82) is 0 Å². The molecule has 0 aromatic carbocycles. The second-order valence-electron chi connectivity index (χ2n) is 9.19. The Bertz CT molecular complexity index is 1460. The molecule has 1 unspecified atom stereocenters. The Morgan fingerprint density at radius 1 is 1.31 bits per heavy atom. The molecule has 17 nitrogen and oxygen atoms in total. The van der Waals surface area contributed by atoms with E-state index in [1.54, 1.807) is 6.08 Å². The summed E-state index contributed by atoms with van der Waals surface area (Å²) in [6, 6.07) is -4.16. The number of nitrogens with zero attached hydrogens (tertiary/aromatic N) is 5. The van der Waals surface area contributed by atoms with E-state index in [2.05, 4.69) is 20.7 Å². The zero-order valence-electron chi connectivity index (χ0n) is 21.8. The summed E-state index contributed by atoms with van der Waals surface area (Å²) in [6.45, 7) is 1.19. The number of thiazole rings is 1. The summed E-state index contributed by atoms with van der Waals surface area (Å²) in [5.41, 5.74) is 6.25. The lowest BCUT2D eigenvalue weighted by Crippen LogP contribution is -2.71. The topological polar surface area (TPSA) is 226 Å². The molecular formula is C23H24N8O9S2. The molecule has 5 heterocycles. The number of carbonyl (C=O) groups excluding carboxylic acids is 5. The first kappa shape index (κ1) is 28.9. The summed E-state index contributed by atoms with van der Waals surface area (Å²) in [5, 5.41) is 20.9. The highest BCUT2D eigenvalue weighted by molar-refractivity contribution is 8.00. The van der Waals surface area contributed by atoms with Crippen LogP contribution < -0.4 is 16.4 Å². The van der Waals surface area contributed by atoms with Crippen molar-refractivity contribution in [2.24, 2.45) is 5.10 Å². The zero-order valence-corrected chi connectivity index (χ0v) is 23.5. The van der Waals surface area contributed by atoms with Crippen LogP contribution in [0.2, 0.25) is 0 Å². The van der Waals surface area contributed by atoms with Crippen molar-refractivity contribution >= 4 is 69.8 Å². The van der Waals surface area contributed by atoms with Crippen LogP contribution in [0.15, 0.2) is 34.1 Å². The van der Waals surface area contributed by atoms with Gasteiger partial charge in [-0.15, -0.1) is 23.1 Å². The van der Waals surface area contributed by atoms with Gasteiger partial charge in [0.25, 0.3) is 5.91 Å². The van der Waals surface area contributed by atoms with Gasteiger partial charge in [-0.25, -0.2) is 29.3 Å². The monoisotopic (exact) mass is 620 g/mol. The Kier molecular flexibility index (Phi) is 8.03. The van der Waals surface area contributed by atoms with E-state index < -0.39 is 53.3 Å². The molecule has 5 N–H and O–H groups in total. The number of carboxylic acids is 1. The first-order valence-corrected chi connectivity index (χ1v) is 14.3. The number of nitrogens with two attached hydrogens (primary N) is 1. The highest BCUT2D eigenvalue weighted by Crippen LogP contribution is 2.40. The molecule has 4 aliphatic rings. The maximum atomic E-state index is 13.4. The second kappa shape index (κ2) is 11.7. The standard InChI is InChI=1S/C23H24N8O9S2/c1-10(32)40-6-11-8-41-19-15(18(34)31(19)16(11)20(35)36)26-17(33)14(13-9-42-21(24)25-13)27-22(37)29-3-4-30(23(29)38)28-12-2-5-39-7-12/h2,5,9,14-15,19H,3-4,6-8H2,1H3,(H2,24,25)(H,26,33)(H,27,37)(H,35,36)/t14?,15-,19-/m1/s1. The van der Waals surface area contributed by atoms with E-state index >= 15 is 0 Å². The zero-order chi connectivity index (χ0) is 30.1. The number of aromatic nitrogens is 1. The number of urea groups is 2. The number of aliphatic carboxylic acids is 1. The average molecular weight is 621 g/mol. The van der Waals surface area contributed by atoms with Crippen molar-refractivity contribution < 1.29 is 43.3 Å². The SMILES string of the molecule is CC(=O)OCC1=C(C(=O)O)N2C(=O)[C@@H](NC(=O)C(NC(=O)N3CCN(N=C4C=COC4)C3=O)c3csc(N)n3)[C@H]2SC1. The van der Waals surface area contributed by atoms with Crippen LogP contribution in [0.3, 0.4) is 0 Å². The number of amides is 6. The number of carboxylic acid groups (broad SMARTS) is 1. The van der Waals surface area contributed by atoms with Gasteiger partial charge < -0.3 is 30.9 Å². The quantitative estimate of drug-likeness (QED) is 0.211. The molecule has 222 valence electrons. The first-order chi connectivity index (χ1) is 20.0. The molecule has 2 saturated heterocycles. The van der Waals surface area contributed by atoms with Gasteiger partial charge in [-0.3, -0.25) is 19.3 Å². The van der Waals surface area contributed by atoms with Crippen LogP contribution >= 0.6 is 23.1 Å². The van der Waals surface area contributed by atoms with Gasteiger partial charge in [-0.05, 0) is 6.08 Å². The minimum Gasteiger partial charge on any atom is -0.495 e. The number of hydrogen-bond donors (Lipinski definition) is 4. The van der Waals surface area contributed by atoms with E-state index in [1.165, 1.54) is 30.3 Å². The van der Waals surface area contributed by atoms with E-state index in [-0.39, 0.29) is 54.2 Å².